The Balaban J connectivity index is 5.80. The molecule has 0 aromatic heterocycles. The number of hydrazine groups is 1. The lowest BCUT2D eigenvalue weighted by molar-refractivity contribution is -0.146. The topological polar surface area (TPSA) is 315 Å². The summed E-state index contributed by atoms with van der Waals surface area (Å²) in [6.45, 7) is 16.7. The smallest absolute Gasteiger partial charge is 0.426 e. The standard InChI is InChI=1S/C47H83N5O20/c1-11-68-39(57)19-25-64-31-46(9,32-65-26-20-40(58)69-12-2)49-36(54)17-23-62-29-45(8,48-35(53)15-16-38(56)51-52-43(61)72-44(5,6)7)30-63-24-18-37(55)50-47(10,33-66-27-21-41(59)70-13-3)34-67-28-22-42(60)71-14-4/h11-34H2,1-10H3,(H,48,53)(H,49,54)(H,50,55)(H,51,56)(H,52,61). The van der Waals surface area contributed by atoms with Gasteiger partial charge in [-0.25, -0.2) is 10.2 Å². The Bertz CT molecular complexity index is 1520. The number of hydrogen-bond donors (Lipinski definition) is 5. The average Bonchev–Trinajstić information content (AvgIpc) is 3.28. The van der Waals surface area contributed by atoms with Gasteiger partial charge >= 0.3 is 30.0 Å². The number of rotatable bonds is 40. The van der Waals surface area contributed by atoms with E-state index in [0.29, 0.717) is 0 Å². The third-order valence-electron chi connectivity index (χ3n) is 9.10. The zero-order valence-corrected chi connectivity index (χ0v) is 44.1. The molecule has 5 amide bonds. The van der Waals surface area contributed by atoms with E-state index < -0.39 is 75.8 Å². The number of hydrogen-bond acceptors (Lipinski definition) is 20. The second kappa shape index (κ2) is 37.5. The van der Waals surface area contributed by atoms with Crippen LogP contribution in [-0.2, 0) is 90.5 Å². The second-order valence-corrected chi connectivity index (χ2v) is 18.0. The molecule has 0 aliphatic rings. The number of amides is 5. The first-order valence-corrected chi connectivity index (χ1v) is 24.2. The van der Waals surface area contributed by atoms with Crippen molar-refractivity contribution in [2.75, 3.05) is 106 Å². The highest BCUT2D eigenvalue weighted by atomic mass is 16.6. The van der Waals surface area contributed by atoms with Crippen LogP contribution in [0.1, 0.15) is 121 Å². The first-order chi connectivity index (χ1) is 33.9. The number of nitrogens with one attached hydrogen (secondary N) is 5. The average molecular weight is 1040 g/mol. The number of ether oxygens (including phenoxy) is 11. The Hall–Kier alpha value is -5.21. The summed E-state index contributed by atoms with van der Waals surface area (Å²) in [6, 6.07) is 0. The molecule has 72 heavy (non-hydrogen) atoms. The van der Waals surface area contributed by atoms with E-state index in [0.717, 1.165) is 0 Å². The monoisotopic (exact) mass is 1040 g/mol. The number of carbonyl (C=O) groups excluding carboxylic acids is 9. The van der Waals surface area contributed by atoms with Crippen molar-refractivity contribution in [2.45, 2.75) is 143 Å². The molecule has 25 heteroatoms. The van der Waals surface area contributed by atoms with Gasteiger partial charge in [-0.2, -0.15) is 0 Å². The van der Waals surface area contributed by atoms with Gasteiger partial charge in [-0.3, -0.25) is 43.8 Å². The van der Waals surface area contributed by atoms with Crippen LogP contribution in [0.15, 0.2) is 0 Å². The maximum absolute atomic E-state index is 13.2. The van der Waals surface area contributed by atoms with Gasteiger partial charge in [0.2, 0.25) is 23.6 Å². The molecular formula is C47H83N5O20. The molecule has 5 N–H and O–H groups in total. The van der Waals surface area contributed by atoms with Gasteiger partial charge in [0.15, 0.2) is 0 Å². The summed E-state index contributed by atoms with van der Waals surface area (Å²) in [4.78, 5) is 111. The molecule has 0 fully saturated rings. The van der Waals surface area contributed by atoms with Crippen molar-refractivity contribution in [1.29, 1.82) is 0 Å². The zero-order valence-electron chi connectivity index (χ0n) is 44.1. The molecule has 0 aromatic rings. The largest absolute Gasteiger partial charge is 0.466 e. The summed E-state index contributed by atoms with van der Waals surface area (Å²) < 4.78 is 59.3. The van der Waals surface area contributed by atoms with Gasteiger partial charge in [0.1, 0.15) is 5.60 Å². The van der Waals surface area contributed by atoms with E-state index >= 15 is 0 Å². The van der Waals surface area contributed by atoms with E-state index in [1.165, 1.54) is 0 Å². The van der Waals surface area contributed by atoms with Crippen LogP contribution in [-0.4, -0.2) is 182 Å². The predicted octanol–water partition coefficient (Wildman–Crippen LogP) is 1.64. The molecule has 0 saturated heterocycles. The quantitative estimate of drug-likeness (QED) is 0.0252. The van der Waals surface area contributed by atoms with Gasteiger partial charge in [0.25, 0.3) is 0 Å². The first kappa shape index (κ1) is 66.8. The Morgan fingerprint density at radius 3 is 0.847 bits per heavy atom. The summed E-state index contributed by atoms with van der Waals surface area (Å²) >= 11 is 0. The van der Waals surface area contributed by atoms with E-state index in [-0.39, 0.29) is 157 Å². The van der Waals surface area contributed by atoms with Crippen LogP contribution >= 0.6 is 0 Å². The Morgan fingerprint density at radius 2 is 0.583 bits per heavy atom. The minimum Gasteiger partial charge on any atom is -0.466 e. The third-order valence-corrected chi connectivity index (χ3v) is 9.10. The molecule has 0 heterocycles. The summed E-state index contributed by atoms with van der Waals surface area (Å²) in [7, 11) is 0. The summed E-state index contributed by atoms with van der Waals surface area (Å²) in [5, 5.41) is 8.52. The Labute approximate surface area is 423 Å². The molecule has 0 radical (unpaired) electrons. The van der Waals surface area contributed by atoms with Crippen LogP contribution in [0.4, 0.5) is 4.79 Å². The van der Waals surface area contributed by atoms with E-state index in [9.17, 15) is 43.2 Å². The van der Waals surface area contributed by atoms with Gasteiger partial charge < -0.3 is 68.1 Å². The van der Waals surface area contributed by atoms with Crippen LogP contribution in [0, 0.1) is 0 Å². The summed E-state index contributed by atoms with van der Waals surface area (Å²) in [5.41, 5.74) is 0.0282. The maximum atomic E-state index is 13.2. The van der Waals surface area contributed by atoms with Gasteiger partial charge in [-0.05, 0) is 69.2 Å². The lowest BCUT2D eigenvalue weighted by atomic mass is 10.0. The third kappa shape index (κ3) is 36.7. The Kier molecular flexibility index (Phi) is 34.8. The summed E-state index contributed by atoms with van der Waals surface area (Å²) in [5.74, 6) is -3.95. The van der Waals surface area contributed by atoms with Crippen LogP contribution in [0.5, 0.6) is 0 Å². The fraction of sp³-hybridized carbons (Fsp3) is 0.809. The predicted molar refractivity (Wildman–Crippen MR) is 256 cm³/mol. The van der Waals surface area contributed by atoms with E-state index in [2.05, 4.69) is 26.8 Å². The zero-order chi connectivity index (χ0) is 54.5. The molecule has 0 bridgehead atoms. The molecule has 0 rings (SSSR count). The Morgan fingerprint density at radius 1 is 0.333 bits per heavy atom. The second-order valence-electron chi connectivity index (χ2n) is 18.0. The molecule has 0 aromatic carbocycles. The fourth-order valence-electron chi connectivity index (χ4n) is 5.92. The van der Waals surface area contributed by atoms with Crippen molar-refractivity contribution in [3.05, 3.63) is 0 Å². The fourth-order valence-corrected chi connectivity index (χ4v) is 5.92. The van der Waals surface area contributed by atoms with Crippen LogP contribution in [0.2, 0.25) is 0 Å². The highest BCUT2D eigenvalue weighted by molar-refractivity contribution is 5.85. The maximum Gasteiger partial charge on any atom is 0.426 e. The van der Waals surface area contributed by atoms with Gasteiger partial charge in [0.05, 0.1) is 148 Å². The van der Waals surface area contributed by atoms with E-state index in [1.807, 2.05) is 0 Å². The van der Waals surface area contributed by atoms with Gasteiger partial charge in [-0.15, -0.1) is 0 Å². The van der Waals surface area contributed by atoms with Crippen LogP contribution < -0.4 is 26.8 Å². The van der Waals surface area contributed by atoms with E-state index in [4.69, 9.17) is 52.1 Å². The molecule has 416 valence electrons. The molecule has 25 nitrogen and oxygen atoms in total. The normalized spacial score (nSPS) is 11.7. The molecule has 0 atom stereocenters. The highest BCUT2D eigenvalue weighted by Crippen LogP contribution is 2.13. The van der Waals surface area contributed by atoms with E-state index in [1.54, 1.807) is 69.2 Å². The molecular weight excluding hydrogens is 955 g/mol. The molecule has 0 unspecified atom stereocenters. The van der Waals surface area contributed by atoms with Crippen molar-refractivity contribution in [3.8, 4) is 0 Å². The van der Waals surface area contributed by atoms with Crippen molar-refractivity contribution in [1.82, 2.24) is 26.8 Å². The van der Waals surface area contributed by atoms with Crippen LogP contribution in [0.3, 0.4) is 0 Å². The van der Waals surface area contributed by atoms with Crippen molar-refractivity contribution in [2.24, 2.45) is 0 Å². The lowest BCUT2D eigenvalue weighted by Gasteiger charge is -2.32. The van der Waals surface area contributed by atoms with Gasteiger partial charge in [-0.1, -0.05) is 0 Å². The highest BCUT2D eigenvalue weighted by Gasteiger charge is 2.31. The minimum absolute atomic E-state index is 0.00766. The molecule has 0 spiro atoms. The van der Waals surface area contributed by atoms with Crippen LogP contribution in [0.25, 0.3) is 0 Å². The van der Waals surface area contributed by atoms with Gasteiger partial charge in [0, 0.05) is 25.7 Å². The SMILES string of the molecule is CCOC(=O)CCOCC(C)(COCCC(=O)OCC)NC(=O)CCOCC(C)(COCCC(=O)NC(C)(COCCC(=O)OCC)COCCC(=O)OCC)NC(=O)CCC(=O)NNC(=O)OC(C)(C)C. The number of esters is 4. The summed E-state index contributed by atoms with van der Waals surface area (Å²) in [6.07, 6.45) is -1.88. The lowest BCUT2D eigenvalue weighted by Crippen LogP contribution is -2.54. The molecule has 0 aliphatic heterocycles. The number of carbonyl (C=O) groups is 9. The minimum atomic E-state index is -1.27. The molecule has 0 saturated carbocycles. The first-order valence-electron chi connectivity index (χ1n) is 24.2. The van der Waals surface area contributed by atoms with Crippen molar-refractivity contribution >= 4 is 53.6 Å². The van der Waals surface area contributed by atoms with Crippen molar-refractivity contribution < 1.29 is 95.3 Å². The van der Waals surface area contributed by atoms with Crippen molar-refractivity contribution in [3.63, 3.8) is 0 Å². The molecule has 0 aliphatic carbocycles.